The van der Waals surface area contributed by atoms with Gasteiger partial charge in [0.05, 0.1) is 22.8 Å². The van der Waals surface area contributed by atoms with Gasteiger partial charge in [0.1, 0.15) is 5.01 Å². The molecule has 0 saturated heterocycles. The van der Waals surface area contributed by atoms with Crippen molar-refractivity contribution in [1.29, 1.82) is 0 Å². The Bertz CT molecular complexity index is 957. The van der Waals surface area contributed by atoms with Crippen LogP contribution in [0.3, 0.4) is 0 Å². The van der Waals surface area contributed by atoms with Crippen LogP contribution in [0.4, 0.5) is 0 Å². The van der Waals surface area contributed by atoms with Crippen molar-refractivity contribution in [1.82, 2.24) is 19.3 Å². The van der Waals surface area contributed by atoms with Gasteiger partial charge in [0, 0.05) is 0 Å². The number of aromatic nitrogens is 3. The molecule has 0 aliphatic rings. The molecule has 8 heteroatoms. The lowest BCUT2D eigenvalue weighted by Crippen LogP contribution is -2.25. The van der Waals surface area contributed by atoms with E-state index in [9.17, 15) is 8.42 Å². The van der Waals surface area contributed by atoms with Crippen molar-refractivity contribution in [3.63, 3.8) is 0 Å². The molecular weight excluding hydrogens is 332 g/mol. The molecule has 1 aromatic carbocycles. The van der Waals surface area contributed by atoms with Gasteiger partial charge in [-0.15, -0.1) is 0 Å². The number of sulfonamides is 1. The zero-order valence-electron chi connectivity index (χ0n) is 13.2. The molecule has 6 nitrogen and oxygen atoms in total. The number of imidazole rings is 1. The third-order valence-electron chi connectivity index (χ3n) is 3.67. The van der Waals surface area contributed by atoms with E-state index in [1.165, 1.54) is 11.3 Å². The molecule has 2 aromatic heterocycles. The van der Waals surface area contributed by atoms with Gasteiger partial charge in [-0.1, -0.05) is 36.5 Å². The topological polar surface area (TPSA) is 76.4 Å². The molecule has 0 aliphatic heterocycles. The third kappa shape index (κ3) is 3.01. The molecule has 23 heavy (non-hydrogen) atoms. The average Bonchev–Trinajstić information content (AvgIpc) is 3.00. The van der Waals surface area contributed by atoms with Crippen LogP contribution in [0.1, 0.15) is 28.9 Å². The number of fused-ring (bicyclic) bond motifs is 1. The van der Waals surface area contributed by atoms with Crippen molar-refractivity contribution < 1.29 is 8.42 Å². The molecule has 2 heterocycles. The van der Waals surface area contributed by atoms with E-state index < -0.39 is 10.0 Å². The lowest BCUT2D eigenvalue weighted by Gasteiger charge is -2.10. The van der Waals surface area contributed by atoms with Crippen LogP contribution in [0, 0.1) is 13.8 Å². The van der Waals surface area contributed by atoms with Gasteiger partial charge in [-0.3, -0.25) is 0 Å². The van der Waals surface area contributed by atoms with Gasteiger partial charge >= 0.3 is 0 Å². The van der Waals surface area contributed by atoms with Gasteiger partial charge in [-0.2, -0.15) is 5.10 Å². The Morgan fingerprint density at radius 2 is 2.00 bits per heavy atom. The highest BCUT2D eigenvalue weighted by Gasteiger charge is 2.19. The number of hydrogen-bond donors (Lipinski definition) is 1. The minimum Gasteiger partial charge on any atom is -0.223 e. The molecule has 3 aromatic rings. The lowest BCUT2D eigenvalue weighted by molar-refractivity contribution is 0.578. The van der Waals surface area contributed by atoms with E-state index in [0.717, 1.165) is 26.9 Å². The molecule has 0 unspecified atom stereocenters. The second-order valence-corrected chi connectivity index (χ2v) is 8.14. The maximum absolute atomic E-state index is 12.6. The van der Waals surface area contributed by atoms with Crippen molar-refractivity contribution in [3.05, 3.63) is 46.2 Å². The maximum atomic E-state index is 12.6. The predicted molar refractivity (Wildman–Crippen MR) is 90.2 cm³/mol. The van der Waals surface area contributed by atoms with Crippen molar-refractivity contribution in [3.8, 4) is 0 Å². The Labute approximate surface area is 139 Å². The van der Waals surface area contributed by atoms with E-state index in [-0.39, 0.29) is 6.54 Å². The average molecular weight is 350 g/mol. The van der Waals surface area contributed by atoms with E-state index >= 15 is 0 Å². The molecule has 0 bridgehead atoms. The SMILES string of the molecule is CCc1ccccc1S(=O)(=O)NCc1c(C)nc2sc(C)nn12. The van der Waals surface area contributed by atoms with Crippen molar-refractivity contribution in [2.24, 2.45) is 0 Å². The smallest absolute Gasteiger partial charge is 0.223 e. The van der Waals surface area contributed by atoms with Crippen LogP contribution in [-0.4, -0.2) is 23.0 Å². The molecule has 0 fully saturated rings. The minimum atomic E-state index is -3.57. The molecule has 0 radical (unpaired) electrons. The van der Waals surface area contributed by atoms with Crippen LogP contribution in [0.15, 0.2) is 29.2 Å². The fourth-order valence-corrected chi connectivity index (χ4v) is 4.59. The Balaban J connectivity index is 1.90. The summed E-state index contributed by atoms with van der Waals surface area (Å²) in [7, 11) is -3.57. The van der Waals surface area contributed by atoms with Crippen LogP contribution in [0.25, 0.3) is 4.96 Å². The maximum Gasteiger partial charge on any atom is 0.241 e. The summed E-state index contributed by atoms with van der Waals surface area (Å²) in [5.74, 6) is 0. The van der Waals surface area contributed by atoms with Crippen LogP contribution in [0.5, 0.6) is 0 Å². The number of nitrogens with one attached hydrogen (secondary N) is 1. The molecule has 0 spiro atoms. The van der Waals surface area contributed by atoms with E-state index in [0.29, 0.717) is 11.3 Å². The van der Waals surface area contributed by atoms with Gasteiger partial charge in [-0.25, -0.2) is 22.6 Å². The van der Waals surface area contributed by atoms with Gasteiger partial charge in [-0.05, 0) is 31.9 Å². The summed E-state index contributed by atoms with van der Waals surface area (Å²) in [4.78, 5) is 5.53. The highest BCUT2D eigenvalue weighted by Crippen LogP contribution is 2.20. The fourth-order valence-electron chi connectivity index (χ4n) is 2.49. The summed E-state index contributed by atoms with van der Waals surface area (Å²) in [5.41, 5.74) is 2.36. The largest absolute Gasteiger partial charge is 0.241 e. The first kappa shape index (κ1) is 16.1. The van der Waals surface area contributed by atoms with E-state index in [1.54, 1.807) is 16.6 Å². The van der Waals surface area contributed by atoms with Crippen molar-refractivity contribution in [2.45, 2.75) is 38.6 Å². The van der Waals surface area contributed by atoms with Gasteiger partial charge in [0.25, 0.3) is 0 Å². The first-order valence-electron chi connectivity index (χ1n) is 7.31. The summed E-state index contributed by atoms with van der Waals surface area (Å²) in [6.07, 6.45) is 0.665. The molecule has 0 saturated carbocycles. The van der Waals surface area contributed by atoms with Crippen molar-refractivity contribution in [2.75, 3.05) is 0 Å². The normalized spacial score (nSPS) is 12.1. The van der Waals surface area contributed by atoms with Crippen molar-refractivity contribution >= 4 is 26.3 Å². The second kappa shape index (κ2) is 6.03. The van der Waals surface area contributed by atoms with Gasteiger partial charge < -0.3 is 0 Å². The summed E-state index contributed by atoms with van der Waals surface area (Å²) in [6, 6.07) is 7.05. The molecule has 3 rings (SSSR count). The van der Waals surface area contributed by atoms with Gasteiger partial charge in [0.2, 0.25) is 15.0 Å². The van der Waals surface area contributed by atoms with E-state index in [1.807, 2.05) is 32.9 Å². The van der Waals surface area contributed by atoms with E-state index in [2.05, 4.69) is 14.8 Å². The predicted octanol–water partition coefficient (Wildman–Crippen LogP) is 2.45. The van der Waals surface area contributed by atoms with E-state index in [4.69, 9.17) is 0 Å². The minimum absolute atomic E-state index is 0.163. The third-order valence-corrected chi connectivity index (χ3v) is 6.00. The number of aryl methyl sites for hydroxylation is 3. The number of nitrogens with zero attached hydrogens (tertiary/aromatic N) is 3. The Kier molecular flexibility index (Phi) is 4.22. The molecule has 0 aliphatic carbocycles. The molecule has 1 N–H and O–H groups in total. The van der Waals surface area contributed by atoms with Crippen LogP contribution < -0.4 is 4.72 Å². The standard InChI is InChI=1S/C15H18N4O2S2/c1-4-12-7-5-6-8-14(12)23(20,21)16-9-13-10(2)17-15-19(13)18-11(3)22-15/h5-8,16H,4,9H2,1-3H3. The number of rotatable bonds is 5. The van der Waals surface area contributed by atoms with Gasteiger partial charge in [0.15, 0.2) is 0 Å². The Morgan fingerprint density at radius 3 is 2.74 bits per heavy atom. The first-order chi connectivity index (χ1) is 10.9. The first-order valence-corrected chi connectivity index (χ1v) is 9.61. The summed E-state index contributed by atoms with van der Waals surface area (Å²) in [5, 5.41) is 5.28. The molecule has 0 amide bonds. The number of benzene rings is 1. The van der Waals surface area contributed by atoms with Crippen LogP contribution >= 0.6 is 11.3 Å². The zero-order chi connectivity index (χ0) is 16.6. The van der Waals surface area contributed by atoms with Crippen LogP contribution in [0.2, 0.25) is 0 Å². The Morgan fingerprint density at radius 1 is 1.26 bits per heavy atom. The Hall–Kier alpha value is -1.77. The fraction of sp³-hybridized carbons (Fsp3) is 0.333. The zero-order valence-corrected chi connectivity index (χ0v) is 14.8. The molecule has 122 valence electrons. The second-order valence-electron chi connectivity index (χ2n) is 5.25. The lowest BCUT2D eigenvalue weighted by atomic mass is 10.2. The highest BCUT2D eigenvalue weighted by atomic mass is 32.2. The summed E-state index contributed by atoms with van der Waals surface area (Å²) < 4.78 is 29.6. The quantitative estimate of drug-likeness (QED) is 0.767. The highest BCUT2D eigenvalue weighted by molar-refractivity contribution is 7.89. The van der Waals surface area contributed by atoms with Crippen LogP contribution in [-0.2, 0) is 23.0 Å². The number of hydrogen-bond acceptors (Lipinski definition) is 5. The molecular formula is C15H18N4O2S2. The molecule has 0 atom stereocenters. The monoisotopic (exact) mass is 350 g/mol. The summed E-state index contributed by atoms with van der Waals surface area (Å²) >= 11 is 1.49. The summed E-state index contributed by atoms with van der Waals surface area (Å²) in [6.45, 7) is 5.87.